The van der Waals surface area contributed by atoms with E-state index in [2.05, 4.69) is 22.5 Å². The second kappa shape index (κ2) is 5.17. The summed E-state index contributed by atoms with van der Waals surface area (Å²) in [5.74, 6) is 0. The van der Waals surface area contributed by atoms with Crippen molar-refractivity contribution in [2.24, 2.45) is 0 Å². The molecule has 0 rings (SSSR count). The number of halogens is 3. The predicted molar refractivity (Wildman–Crippen MR) is 50.4 cm³/mol. The first-order chi connectivity index (χ1) is 4.16. The maximum absolute atomic E-state index is 11.5. The third kappa shape index (κ3) is 6.24. The zero-order chi connectivity index (χ0) is 7.28. The molecule has 3 heteroatoms. The van der Waals surface area contributed by atoms with Gasteiger partial charge in [-0.05, 0) is 50.7 Å². The van der Waals surface area contributed by atoms with Gasteiger partial charge in [0.1, 0.15) is 6.33 Å². The van der Waals surface area contributed by atoms with Gasteiger partial charge in [0.2, 0.25) is 0 Å². The lowest BCUT2D eigenvalue weighted by Gasteiger charge is -1.82. The van der Waals surface area contributed by atoms with Crippen LogP contribution in [0.25, 0.3) is 0 Å². The summed E-state index contributed by atoms with van der Waals surface area (Å²) >= 11 is 5.00. The van der Waals surface area contributed by atoms with E-state index in [4.69, 9.17) is 0 Å². The van der Waals surface area contributed by atoms with Crippen molar-refractivity contribution in [3.63, 3.8) is 0 Å². The maximum atomic E-state index is 11.5. The third-order valence-electron chi connectivity index (χ3n) is 0.528. The highest BCUT2D eigenvalue weighted by atomic mass is 127. The van der Waals surface area contributed by atoms with E-state index in [1.807, 2.05) is 22.6 Å². The van der Waals surface area contributed by atoms with Crippen LogP contribution in [0.5, 0.6) is 0 Å². The lowest BCUT2D eigenvalue weighted by atomic mass is 10.5. The number of hydrogen-bond acceptors (Lipinski definition) is 0. The molecule has 0 spiro atoms. The second-order valence-corrected chi connectivity index (χ2v) is 3.58. The summed E-state index contributed by atoms with van der Waals surface area (Å²) in [4.78, 5) is 0. The van der Waals surface area contributed by atoms with Crippen molar-refractivity contribution in [2.45, 2.75) is 0 Å². The normalized spacial score (nSPS) is 12.6. The van der Waals surface area contributed by atoms with Gasteiger partial charge in [-0.2, -0.15) is 0 Å². The Balaban J connectivity index is 3.86. The highest BCUT2D eigenvalue weighted by molar-refractivity contribution is 14.1. The first-order valence-corrected chi connectivity index (χ1v) is 4.02. The van der Waals surface area contributed by atoms with Gasteiger partial charge in [0.25, 0.3) is 0 Å². The summed E-state index contributed by atoms with van der Waals surface area (Å²) in [5.41, 5.74) is 0. The largest absolute Gasteiger partial charge is 0.214 e. The van der Waals surface area contributed by atoms with Crippen molar-refractivity contribution in [3.8, 4) is 0 Å². The highest BCUT2D eigenvalue weighted by Crippen LogP contribution is 2.10. The Morgan fingerprint density at radius 3 is 2.44 bits per heavy atom. The molecular formula is C6H5BrFI. The van der Waals surface area contributed by atoms with Gasteiger partial charge in [0.15, 0.2) is 0 Å². The molecule has 0 unspecified atom stereocenters. The quantitative estimate of drug-likeness (QED) is 0.539. The van der Waals surface area contributed by atoms with Crippen molar-refractivity contribution in [1.82, 2.24) is 0 Å². The van der Waals surface area contributed by atoms with Gasteiger partial charge < -0.3 is 0 Å². The summed E-state index contributed by atoms with van der Waals surface area (Å²) in [6.07, 6.45) is 3.78. The van der Waals surface area contributed by atoms with Gasteiger partial charge in [0, 0.05) is 8.06 Å². The van der Waals surface area contributed by atoms with E-state index < -0.39 is 0 Å². The Bertz CT molecular complexity index is 160. The minimum atomic E-state index is 0.417. The monoisotopic (exact) mass is 302 g/mol. The molecule has 0 aliphatic heterocycles. The average molecular weight is 303 g/mol. The van der Waals surface area contributed by atoms with Crippen LogP contribution in [-0.4, -0.2) is 0 Å². The first-order valence-electron chi connectivity index (χ1n) is 2.15. The summed E-state index contributed by atoms with van der Waals surface area (Å²) < 4.78 is 12.8. The number of allylic oxidation sites excluding steroid dienone is 4. The Kier molecular flexibility index (Phi) is 5.38. The molecular weight excluding hydrogens is 298 g/mol. The zero-order valence-electron chi connectivity index (χ0n) is 4.57. The fourth-order valence-corrected chi connectivity index (χ4v) is 0.518. The van der Waals surface area contributed by atoms with Crippen LogP contribution in [0, 0.1) is 0 Å². The molecule has 50 valence electrons. The van der Waals surface area contributed by atoms with E-state index in [1.54, 1.807) is 12.2 Å². The summed E-state index contributed by atoms with van der Waals surface area (Å²) in [7, 11) is 0. The molecule has 0 aliphatic rings. The Hall–Kier alpha value is 0.360. The molecule has 0 aliphatic carbocycles. The van der Waals surface area contributed by atoms with E-state index in [0.717, 1.165) is 3.58 Å². The van der Waals surface area contributed by atoms with Crippen molar-refractivity contribution < 1.29 is 4.39 Å². The van der Waals surface area contributed by atoms with Crippen LogP contribution in [0.4, 0.5) is 4.39 Å². The van der Waals surface area contributed by atoms with Crippen molar-refractivity contribution in [1.29, 1.82) is 0 Å². The third-order valence-corrected chi connectivity index (χ3v) is 1.32. The van der Waals surface area contributed by atoms with E-state index in [0.29, 0.717) is 10.8 Å². The lowest BCUT2D eigenvalue weighted by Crippen LogP contribution is -1.58. The highest BCUT2D eigenvalue weighted by Gasteiger charge is 1.81. The topological polar surface area (TPSA) is 0 Å². The summed E-state index contributed by atoms with van der Waals surface area (Å²) in [6.45, 7) is 3.59. The summed E-state index contributed by atoms with van der Waals surface area (Å²) in [6, 6.07) is 0. The van der Waals surface area contributed by atoms with E-state index in [-0.39, 0.29) is 0 Å². The fraction of sp³-hybridized carbons (Fsp3) is 0. The van der Waals surface area contributed by atoms with Crippen LogP contribution < -0.4 is 0 Å². The molecule has 0 amide bonds. The average Bonchev–Trinajstić information content (AvgIpc) is 1.83. The molecule has 0 aromatic heterocycles. The smallest absolute Gasteiger partial charge is 0.101 e. The van der Waals surface area contributed by atoms with E-state index >= 15 is 0 Å². The molecule has 0 atom stereocenters. The molecule has 0 aromatic rings. The SMILES string of the molecule is C=C(I)/C=C\C(Br)=C\F. The number of rotatable bonds is 2. The van der Waals surface area contributed by atoms with Crippen LogP contribution in [0.15, 0.2) is 33.1 Å². The van der Waals surface area contributed by atoms with Crippen LogP contribution >= 0.6 is 38.5 Å². The summed E-state index contributed by atoms with van der Waals surface area (Å²) in [5, 5.41) is 0. The molecule has 0 nitrogen and oxygen atoms in total. The molecule has 0 saturated carbocycles. The molecule has 0 saturated heterocycles. The van der Waals surface area contributed by atoms with Crippen molar-refractivity contribution >= 4 is 38.5 Å². The Morgan fingerprint density at radius 2 is 2.11 bits per heavy atom. The molecule has 0 N–H and O–H groups in total. The van der Waals surface area contributed by atoms with E-state index in [1.165, 1.54) is 0 Å². The molecule has 9 heavy (non-hydrogen) atoms. The first kappa shape index (κ1) is 9.36. The standard InChI is InChI=1S/C6H5BrFI/c1-5(9)2-3-6(7)4-8/h2-4H,1H2/b3-2-,6-4-. The van der Waals surface area contributed by atoms with E-state index in [9.17, 15) is 4.39 Å². The minimum Gasteiger partial charge on any atom is -0.214 e. The van der Waals surface area contributed by atoms with Crippen LogP contribution in [0.3, 0.4) is 0 Å². The van der Waals surface area contributed by atoms with Gasteiger partial charge in [0.05, 0.1) is 0 Å². The molecule has 0 heterocycles. The lowest BCUT2D eigenvalue weighted by molar-refractivity contribution is 0.720. The molecule has 0 radical (unpaired) electrons. The second-order valence-electron chi connectivity index (χ2n) is 1.27. The van der Waals surface area contributed by atoms with Gasteiger partial charge >= 0.3 is 0 Å². The maximum Gasteiger partial charge on any atom is 0.101 e. The van der Waals surface area contributed by atoms with Crippen LogP contribution in [0.1, 0.15) is 0 Å². The predicted octanol–water partition coefficient (Wildman–Crippen LogP) is 3.70. The minimum absolute atomic E-state index is 0.417. The molecule has 0 bridgehead atoms. The fourth-order valence-electron chi connectivity index (χ4n) is 0.206. The molecule has 0 aromatic carbocycles. The van der Waals surface area contributed by atoms with Gasteiger partial charge in [-0.3, -0.25) is 0 Å². The Morgan fingerprint density at radius 1 is 1.56 bits per heavy atom. The van der Waals surface area contributed by atoms with Gasteiger partial charge in [-0.1, -0.05) is 6.58 Å². The van der Waals surface area contributed by atoms with Crippen LogP contribution in [0.2, 0.25) is 0 Å². The van der Waals surface area contributed by atoms with Gasteiger partial charge in [-0.15, -0.1) is 0 Å². The van der Waals surface area contributed by atoms with Crippen LogP contribution in [-0.2, 0) is 0 Å². The van der Waals surface area contributed by atoms with Gasteiger partial charge in [-0.25, -0.2) is 4.39 Å². The van der Waals surface area contributed by atoms with Crippen molar-refractivity contribution in [2.75, 3.05) is 0 Å². The van der Waals surface area contributed by atoms with Crippen molar-refractivity contribution in [3.05, 3.63) is 33.1 Å². The Labute approximate surface area is 75.8 Å². The zero-order valence-corrected chi connectivity index (χ0v) is 8.32. The molecule has 0 fully saturated rings. The number of hydrogen-bond donors (Lipinski definition) is 0.